The summed E-state index contributed by atoms with van der Waals surface area (Å²) >= 11 is 0. The first-order valence-electron chi connectivity index (χ1n) is 4.49. The number of hydrogen-bond acceptors (Lipinski definition) is 3. The zero-order valence-corrected chi connectivity index (χ0v) is 9.48. The number of para-hydroxylation sites is 1. The van der Waals surface area contributed by atoms with Crippen molar-refractivity contribution in [3.8, 4) is 5.69 Å². The minimum atomic E-state index is -0.378. The van der Waals surface area contributed by atoms with Gasteiger partial charge < -0.3 is 4.74 Å². The zero-order chi connectivity index (χ0) is 10.7. The Morgan fingerprint density at radius 3 is 2.62 bits per heavy atom. The molecule has 1 heterocycles. The molecule has 2 rings (SSSR count). The van der Waals surface area contributed by atoms with Gasteiger partial charge in [-0.3, -0.25) is 0 Å². The van der Waals surface area contributed by atoms with Crippen LogP contribution in [-0.2, 0) is 4.74 Å². The van der Waals surface area contributed by atoms with E-state index in [0.29, 0.717) is 5.56 Å². The van der Waals surface area contributed by atoms with E-state index < -0.39 is 0 Å². The molecule has 1 aromatic carbocycles. The van der Waals surface area contributed by atoms with Crippen molar-refractivity contribution in [2.75, 3.05) is 7.11 Å². The quantitative estimate of drug-likeness (QED) is 0.753. The third-order valence-corrected chi connectivity index (χ3v) is 2.02. The molecule has 0 radical (unpaired) electrons. The second-order valence-electron chi connectivity index (χ2n) is 3.00. The van der Waals surface area contributed by atoms with Crippen molar-refractivity contribution in [1.82, 2.24) is 9.78 Å². The number of aromatic nitrogens is 2. The lowest BCUT2D eigenvalue weighted by Gasteiger charge is -1.98. The normalized spacial score (nSPS) is 9.31. The standard InChI is InChI=1S/C11H10N2O2.ClH/c1-15-11(14)9-7-12-13(8-9)10-5-3-2-4-6-10;/h2-8H,1H3;1H. The zero-order valence-electron chi connectivity index (χ0n) is 8.66. The lowest BCUT2D eigenvalue weighted by molar-refractivity contribution is 0.0600. The molecule has 0 aliphatic rings. The smallest absolute Gasteiger partial charge is 0.341 e. The maximum Gasteiger partial charge on any atom is 0.341 e. The first-order chi connectivity index (χ1) is 7.31. The molecule has 5 heteroatoms. The summed E-state index contributed by atoms with van der Waals surface area (Å²) in [6.45, 7) is 0. The Balaban J connectivity index is 0.00000128. The van der Waals surface area contributed by atoms with E-state index in [-0.39, 0.29) is 18.4 Å². The summed E-state index contributed by atoms with van der Waals surface area (Å²) in [4.78, 5) is 11.2. The highest BCUT2D eigenvalue weighted by Gasteiger charge is 2.08. The molecule has 0 aliphatic carbocycles. The van der Waals surface area contributed by atoms with Crippen LogP contribution in [0.3, 0.4) is 0 Å². The fourth-order valence-corrected chi connectivity index (χ4v) is 1.27. The molecular formula is C11H11ClN2O2. The third kappa shape index (κ3) is 2.41. The maximum absolute atomic E-state index is 11.2. The third-order valence-electron chi connectivity index (χ3n) is 2.02. The topological polar surface area (TPSA) is 44.1 Å². The Bertz CT molecular complexity index is 468. The molecule has 0 bridgehead atoms. The fourth-order valence-electron chi connectivity index (χ4n) is 1.27. The van der Waals surface area contributed by atoms with Gasteiger partial charge in [0.2, 0.25) is 0 Å². The molecule has 0 atom stereocenters. The molecular weight excluding hydrogens is 228 g/mol. The molecule has 0 saturated carbocycles. The highest BCUT2D eigenvalue weighted by molar-refractivity contribution is 5.88. The van der Waals surface area contributed by atoms with Crippen molar-refractivity contribution in [3.05, 3.63) is 48.3 Å². The van der Waals surface area contributed by atoms with Gasteiger partial charge in [-0.1, -0.05) is 18.2 Å². The highest BCUT2D eigenvalue weighted by atomic mass is 35.5. The van der Waals surface area contributed by atoms with Crippen LogP contribution in [0.5, 0.6) is 0 Å². The van der Waals surface area contributed by atoms with Crippen molar-refractivity contribution in [1.29, 1.82) is 0 Å². The predicted octanol–water partition coefficient (Wildman–Crippen LogP) is 2.08. The van der Waals surface area contributed by atoms with Gasteiger partial charge >= 0.3 is 5.97 Å². The second kappa shape index (κ2) is 5.32. The van der Waals surface area contributed by atoms with E-state index in [9.17, 15) is 4.79 Å². The van der Waals surface area contributed by atoms with Gasteiger partial charge in [0.25, 0.3) is 0 Å². The molecule has 0 saturated heterocycles. The number of carbonyl (C=O) groups is 1. The molecule has 0 spiro atoms. The number of methoxy groups -OCH3 is 1. The van der Waals surface area contributed by atoms with E-state index in [1.54, 1.807) is 10.9 Å². The number of ether oxygens (including phenoxy) is 1. The molecule has 84 valence electrons. The lowest BCUT2D eigenvalue weighted by Crippen LogP contribution is -1.99. The Labute approximate surface area is 99.3 Å². The number of esters is 1. The second-order valence-corrected chi connectivity index (χ2v) is 3.00. The van der Waals surface area contributed by atoms with Crippen molar-refractivity contribution in [2.45, 2.75) is 0 Å². The fraction of sp³-hybridized carbons (Fsp3) is 0.0909. The largest absolute Gasteiger partial charge is 0.465 e. The molecule has 1 aromatic heterocycles. The Morgan fingerprint density at radius 1 is 1.31 bits per heavy atom. The Morgan fingerprint density at radius 2 is 2.00 bits per heavy atom. The van der Waals surface area contributed by atoms with E-state index in [4.69, 9.17) is 0 Å². The van der Waals surface area contributed by atoms with Gasteiger partial charge in [-0.15, -0.1) is 12.4 Å². The van der Waals surface area contributed by atoms with Gasteiger partial charge in [0.1, 0.15) is 0 Å². The van der Waals surface area contributed by atoms with E-state index >= 15 is 0 Å². The van der Waals surface area contributed by atoms with Gasteiger partial charge in [-0.2, -0.15) is 5.10 Å². The molecule has 4 nitrogen and oxygen atoms in total. The monoisotopic (exact) mass is 238 g/mol. The minimum Gasteiger partial charge on any atom is -0.465 e. The van der Waals surface area contributed by atoms with Gasteiger partial charge in [0.05, 0.1) is 24.6 Å². The van der Waals surface area contributed by atoms with Crippen molar-refractivity contribution >= 4 is 18.4 Å². The van der Waals surface area contributed by atoms with E-state index in [1.165, 1.54) is 13.3 Å². The first-order valence-corrected chi connectivity index (χ1v) is 4.49. The molecule has 0 N–H and O–H groups in total. The summed E-state index contributed by atoms with van der Waals surface area (Å²) in [6.07, 6.45) is 3.12. The van der Waals surface area contributed by atoms with Crippen molar-refractivity contribution in [3.63, 3.8) is 0 Å². The summed E-state index contributed by atoms with van der Waals surface area (Å²) in [5.74, 6) is -0.378. The Hall–Kier alpha value is -1.81. The molecule has 0 amide bonds. The van der Waals surface area contributed by atoms with Crippen LogP contribution in [-0.4, -0.2) is 22.9 Å². The average molecular weight is 239 g/mol. The molecule has 0 aliphatic heterocycles. The number of carbonyl (C=O) groups excluding carboxylic acids is 1. The first kappa shape index (κ1) is 12.3. The van der Waals surface area contributed by atoms with Crippen LogP contribution >= 0.6 is 12.4 Å². The summed E-state index contributed by atoms with van der Waals surface area (Å²) in [5.41, 5.74) is 1.36. The minimum absolute atomic E-state index is 0. The SMILES string of the molecule is COC(=O)c1cnn(-c2ccccc2)c1.Cl. The number of benzene rings is 1. The molecule has 16 heavy (non-hydrogen) atoms. The van der Waals surface area contributed by atoms with Crippen molar-refractivity contribution in [2.24, 2.45) is 0 Å². The van der Waals surface area contributed by atoms with Gasteiger partial charge in [-0.25, -0.2) is 9.48 Å². The van der Waals surface area contributed by atoms with Gasteiger partial charge in [0, 0.05) is 6.20 Å². The van der Waals surface area contributed by atoms with Crippen LogP contribution in [0, 0.1) is 0 Å². The molecule has 2 aromatic rings. The van der Waals surface area contributed by atoms with E-state index in [0.717, 1.165) is 5.69 Å². The summed E-state index contributed by atoms with van der Waals surface area (Å²) < 4.78 is 6.22. The number of nitrogens with zero attached hydrogens (tertiary/aromatic N) is 2. The number of rotatable bonds is 2. The maximum atomic E-state index is 11.2. The molecule has 0 fully saturated rings. The van der Waals surface area contributed by atoms with E-state index in [1.807, 2.05) is 30.3 Å². The van der Waals surface area contributed by atoms with Gasteiger partial charge in [-0.05, 0) is 12.1 Å². The Kier molecular flexibility index (Phi) is 4.08. The van der Waals surface area contributed by atoms with Crippen LogP contribution in [0.4, 0.5) is 0 Å². The van der Waals surface area contributed by atoms with Crippen LogP contribution in [0.1, 0.15) is 10.4 Å². The molecule has 0 unspecified atom stereocenters. The average Bonchev–Trinajstić information content (AvgIpc) is 2.78. The number of hydrogen-bond donors (Lipinski definition) is 0. The van der Waals surface area contributed by atoms with Crippen LogP contribution in [0.2, 0.25) is 0 Å². The van der Waals surface area contributed by atoms with Crippen LogP contribution in [0.25, 0.3) is 5.69 Å². The van der Waals surface area contributed by atoms with Crippen LogP contribution in [0.15, 0.2) is 42.7 Å². The summed E-state index contributed by atoms with van der Waals surface area (Å²) in [5, 5.41) is 4.07. The van der Waals surface area contributed by atoms with E-state index in [2.05, 4.69) is 9.84 Å². The number of halogens is 1. The highest BCUT2D eigenvalue weighted by Crippen LogP contribution is 2.07. The summed E-state index contributed by atoms with van der Waals surface area (Å²) in [7, 11) is 1.35. The lowest BCUT2D eigenvalue weighted by atomic mass is 10.3. The van der Waals surface area contributed by atoms with Gasteiger partial charge in [0.15, 0.2) is 0 Å². The van der Waals surface area contributed by atoms with Crippen LogP contribution < -0.4 is 0 Å². The van der Waals surface area contributed by atoms with Crippen molar-refractivity contribution < 1.29 is 9.53 Å². The predicted molar refractivity (Wildman–Crippen MR) is 62.2 cm³/mol. The summed E-state index contributed by atoms with van der Waals surface area (Å²) in [6, 6.07) is 9.57.